The third kappa shape index (κ3) is 3.08. The van der Waals surface area contributed by atoms with E-state index >= 15 is 0 Å². The number of carboxylic acids is 1. The van der Waals surface area contributed by atoms with Gasteiger partial charge in [0.15, 0.2) is 0 Å². The van der Waals surface area contributed by atoms with Gasteiger partial charge in [0.25, 0.3) is 0 Å². The van der Waals surface area contributed by atoms with Gasteiger partial charge in [-0.25, -0.2) is 4.68 Å². The molecule has 116 valence electrons. The lowest BCUT2D eigenvalue weighted by Gasteiger charge is -2.30. The van der Waals surface area contributed by atoms with E-state index in [-0.39, 0.29) is 6.54 Å². The fourth-order valence-corrected chi connectivity index (χ4v) is 2.69. The summed E-state index contributed by atoms with van der Waals surface area (Å²) in [5.74, 6) is -0.103. The minimum absolute atomic E-state index is 0.166. The Balaban J connectivity index is 2.03. The normalized spacial score (nSPS) is 15.0. The van der Waals surface area contributed by atoms with Crippen molar-refractivity contribution in [3.05, 3.63) is 35.5 Å². The second kappa shape index (κ2) is 6.37. The summed E-state index contributed by atoms with van der Waals surface area (Å²) in [6, 6.07) is 7.45. The second-order valence-electron chi connectivity index (χ2n) is 5.04. The van der Waals surface area contributed by atoms with Crippen LogP contribution in [0.5, 0.6) is 0 Å². The van der Waals surface area contributed by atoms with E-state index in [1.807, 2.05) is 24.3 Å². The highest BCUT2D eigenvalue weighted by atomic mass is 35.5. The van der Waals surface area contributed by atoms with Crippen LogP contribution in [0.4, 0.5) is 5.82 Å². The summed E-state index contributed by atoms with van der Waals surface area (Å²) in [6.45, 7) is 2.51. The lowest BCUT2D eigenvalue weighted by Crippen LogP contribution is -2.38. The number of benzene rings is 1. The topological polar surface area (TPSA) is 67.6 Å². The van der Waals surface area contributed by atoms with Gasteiger partial charge in [0.2, 0.25) is 0 Å². The van der Waals surface area contributed by atoms with Gasteiger partial charge < -0.3 is 14.7 Å². The summed E-state index contributed by atoms with van der Waals surface area (Å²) in [6.07, 6.45) is 1.71. The van der Waals surface area contributed by atoms with Gasteiger partial charge in [-0.15, -0.1) is 0 Å². The number of aliphatic carboxylic acids is 1. The number of morpholine rings is 1. The number of nitrogens with zero attached hydrogens (tertiary/aromatic N) is 3. The number of halogens is 1. The van der Waals surface area contributed by atoms with Gasteiger partial charge in [0.1, 0.15) is 12.4 Å². The first-order valence-electron chi connectivity index (χ1n) is 7.01. The maximum absolute atomic E-state index is 11.1. The molecule has 3 rings (SSSR count). The highest BCUT2D eigenvalue weighted by Crippen LogP contribution is 2.32. The summed E-state index contributed by atoms with van der Waals surface area (Å²) in [7, 11) is 0. The first-order chi connectivity index (χ1) is 10.6. The van der Waals surface area contributed by atoms with Crippen LogP contribution in [0.15, 0.2) is 30.5 Å². The second-order valence-corrected chi connectivity index (χ2v) is 5.48. The summed E-state index contributed by atoms with van der Waals surface area (Å²) in [4.78, 5) is 13.2. The molecule has 1 aromatic heterocycles. The molecule has 1 aliphatic heterocycles. The summed E-state index contributed by atoms with van der Waals surface area (Å²) < 4.78 is 6.90. The molecular formula is C15H16ClN3O3. The molecule has 1 N–H and O–H groups in total. The molecule has 1 aliphatic rings. The Bertz CT molecular complexity index is 663. The smallest absolute Gasteiger partial charge is 0.325 e. The Morgan fingerprint density at radius 3 is 2.59 bits per heavy atom. The number of aromatic nitrogens is 2. The monoisotopic (exact) mass is 321 g/mol. The number of anilines is 1. The first-order valence-corrected chi connectivity index (χ1v) is 7.39. The number of carboxylic acid groups (broad SMARTS) is 1. The largest absolute Gasteiger partial charge is 0.480 e. The predicted octanol–water partition coefficient (Wildman–Crippen LogP) is 2.12. The number of hydrogen-bond donors (Lipinski definition) is 1. The van der Waals surface area contributed by atoms with Gasteiger partial charge in [-0.1, -0.05) is 23.7 Å². The highest BCUT2D eigenvalue weighted by Gasteiger charge is 2.22. The van der Waals surface area contributed by atoms with Crippen molar-refractivity contribution in [2.75, 3.05) is 31.2 Å². The van der Waals surface area contributed by atoms with Crippen LogP contribution in [-0.4, -0.2) is 47.2 Å². The van der Waals surface area contributed by atoms with Crippen LogP contribution in [0.2, 0.25) is 5.02 Å². The zero-order valence-electron chi connectivity index (χ0n) is 11.9. The van der Waals surface area contributed by atoms with Gasteiger partial charge >= 0.3 is 5.97 Å². The zero-order chi connectivity index (χ0) is 15.5. The van der Waals surface area contributed by atoms with Crippen molar-refractivity contribution in [2.24, 2.45) is 0 Å². The summed E-state index contributed by atoms with van der Waals surface area (Å²) in [5, 5.41) is 14.0. The molecule has 0 spiro atoms. The molecule has 0 atom stereocenters. The van der Waals surface area contributed by atoms with Crippen LogP contribution in [0, 0.1) is 0 Å². The Kier molecular flexibility index (Phi) is 4.31. The Hall–Kier alpha value is -2.05. The van der Waals surface area contributed by atoms with E-state index in [1.165, 1.54) is 4.68 Å². The molecule has 6 nitrogen and oxygen atoms in total. The molecule has 1 saturated heterocycles. The molecule has 0 saturated carbocycles. The van der Waals surface area contributed by atoms with Crippen LogP contribution >= 0.6 is 11.6 Å². The van der Waals surface area contributed by atoms with E-state index in [4.69, 9.17) is 21.4 Å². The summed E-state index contributed by atoms with van der Waals surface area (Å²) in [5.41, 5.74) is 1.86. The molecule has 0 bridgehead atoms. The molecular weight excluding hydrogens is 306 g/mol. The average Bonchev–Trinajstić information content (AvgIpc) is 2.91. The molecule has 0 amide bonds. The quantitative estimate of drug-likeness (QED) is 0.934. The van der Waals surface area contributed by atoms with Crippen molar-refractivity contribution in [2.45, 2.75) is 6.54 Å². The van der Waals surface area contributed by atoms with E-state index < -0.39 is 5.97 Å². The number of ether oxygens (including phenoxy) is 1. The van der Waals surface area contributed by atoms with Gasteiger partial charge in [0, 0.05) is 23.7 Å². The van der Waals surface area contributed by atoms with Crippen molar-refractivity contribution in [1.82, 2.24) is 9.78 Å². The Morgan fingerprint density at radius 2 is 1.95 bits per heavy atom. The third-order valence-electron chi connectivity index (χ3n) is 3.56. The van der Waals surface area contributed by atoms with E-state index in [1.54, 1.807) is 6.20 Å². The van der Waals surface area contributed by atoms with Crippen molar-refractivity contribution in [3.8, 4) is 11.1 Å². The fourth-order valence-electron chi connectivity index (χ4n) is 2.56. The van der Waals surface area contributed by atoms with E-state index in [0.717, 1.165) is 16.9 Å². The lowest BCUT2D eigenvalue weighted by atomic mass is 10.1. The average molecular weight is 322 g/mol. The van der Waals surface area contributed by atoms with Gasteiger partial charge in [-0.05, 0) is 17.7 Å². The molecule has 0 aliphatic carbocycles. The molecule has 0 radical (unpaired) electrons. The van der Waals surface area contributed by atoms with E-state index in [9.17, 15) is 4.79 Å². The molecule has 22 heavy (non-hydrogen) atoms. The molecule has 2 heterocycles. The Labute approximate surface area is 132 Å². The van der Waals surface area contributed by atoms with Crippen LogP contribution < -0.4 is 4.90 Å². The van der Waals surface area contributed by atoms with Crippen molar-refractivity contribution in [1.29, 1.82) is 0 Å². The maximum atomic E-state index is 11.1. The van der Waals surface area contributed by atoms with Crippen LogP contribution in [0.3, 0.4) is 0 Å². The molecule has 2 aromatic rings. The van der Waals surface area contributed by atoms with Crippen LogP contribution in [0.25, 0.3) is 11.1 Å². The SMILES string of the molecule is O=C(O)Cn1ncc(-c2ccc(Cl)cc2)c1N1CCOCC1. The molecule has 1 aromatic carbocycles. The van der Waals surface area contributed by atoms with Crippen molar-refractivity contribution in [3.63, 3.8) is 0 Å². The van der Waals surface area contributed by atoms with Gasteiger partial charge in [0.05, 0.1) is 19.4 Å². The van der Waals surface area contributed by atoms with Crippen LogP contribution in [-0.2, 0) is 16.1 Å². The molecule has 0 unspecified atom stereocenters. The van der Waals surface area contributed by atoms with Gasteiger partial charge in [-0.3, -0.25) is 4.79 Å². The first kappa shape index (κ1) is 14.9. The maximum Gasteiger partial charge on any atom is 0.325 e. The molecule has 1 fully saturated rings. The third-order valence-corrected chi connectivity index (χ3v) is 3.81. The van der Waals surface area contributed by atoms with Crippen LogP contribution in [0.1, 0.15) is 0 Å². The zero-order valence-corrected chi connectivity index (χ0v) is 12.7. The minimum Gasteiger partial charge on any atom is -0.480 e. The predicted molar refractivity (Wildman–Crippen MR) is 83.3 cm³/mol. The summed E-state index contributed by atoms with van der Waals surface area (Å²) >= 11 is 5.94. The van der Waals surface area contributed by atoms with E-state index in [0.29, 0.717) is 31.3 Å². The Morgan fingerprint density at radius 1 is 1.27 bits per heavy atom. The fraction of sp³-hybridized carbons (Fsp3) is 0.333. The van der Waals surface area contributed by atoms with E-state index in [2.05, 4.69) is 10.00 Å². The number of carbonyl (C=O) groups is 1. The number of rotatable bonds is 4. The minimum atomic E-state index is -0.916. The molecule has 7 heteroatoms. The van der Waals surface area contributed by atoms with Crippen molar-refractivity contribution >= 4 is 23.4 Å². The highest BCUT2D eigenvalue weighted by molar-refractivity contribution is 6.30. The van der Waals surface area contributed by atoms with Crippen molar-refractivity contribution < 1.29 is 14.6 Å². The standard InChI is InChI=1S/C15H16ClN3O3/c16-12-3-1-11(2-4-12)13-9-17-19(10-14(20)21)15(13)18-5-7-22-8-6-18/h1-4,9H,5-8,10H2,(H,20,21). The number of hydrogen-bond acceptors (Lipinski definition) is 4. The lowest BCUT2D eigenvalue weighted by molar-refractivity contribution is -0.137. The van der Waals surface area contributed by atoms with Gasteiger partial charge in [-0.2, -0.15) is 5.10 Å².